The van der Waals surface area contributed by atoms with E-state index in [1.807, 2.05) is 142 Å². The molecule has 416 valence electrons. The second-order valence-electron chi connectivity index (χ2n) is 18.4. The molecule has 0 bridgehead atoms. The summed E-state index contributed by atoms with van der Waals surface area (Å²) in [5.74, 6) is 7.02. The second kappa shape index (κ2) is 34.3. The summed E-state index contributed by atoms with van der Waals surface area (Å²) in [5.41, 5.74) is 25.3. The molecule has 1 amide bonds. The highest BCUT2D eigenvalue weighted by molar-refractivity contribution is 6.66. The zero-order valence-corrected chi connectivity index (χ0v) is 48.4. The minimum Gasteiger partial charge on any atom is -0.384 e. The van der Waals surface area contributed by atoms with E-state index in [9.17, 15) is 9.59 Å². The Morgan fingerprint density at radius 2 is 0.859 bits per heavy atom. The molecule has 0 atom stereocenters. The van der Waals surface area contributed by atoms with Crippen LogP contribution in [-0.2, 0) is 9.59 Å². The number of hydrogen-bond donors (Lipinski definition) is 5. The van der Waals surface area contributed by atoms with Crippen LogP contribution in [0, 0.1) is 45.4 Å². The van der Waals surface area contributed by atoms with E-state index < -0.39 is 0 Å². The minimum atomic E-state index is -0.269. The van der Waals surface area contributed by atoms with Gasteiger partial charge in [-0.1, -0.05) is 117 Å². The molecule has 0 saturated carbocycles. The first-order chi connectivity index (χ1) is 36.8. The van der Waals surface area contributed by atoms with Crippen molar-refractivity contribution in [1.82, 2.24) is 70.3 Å². The lowest BCUT2D eigenvalue weighted by Gasteiger charge is -2.06. The predicted octanol–water partition coefficient (Wildman–Crippen LogP) is 10.2. The SMILES string of the molecule is CC(C)C(=O)Cl.CC(C)c1nnnn1-c1cccc(N)n1.Cc1cccc(-n2nnnc2C(C)C)n1.Cc1cccc(N)n1.Cc1cccc(N=C(Cl)C(C)C)n1.Cc1cccc(NC(=O)C(C)C)n1.Nc1cccc(N)n1. The van der Waals surface area contributed by atoms with Gasteiger partial charge in [-0.15, -0.1) is 10.2 Å². The van der Waals surface area contributed by atoms with E-state index in [-0.39, 0.29) is 40.7 Å². The highest BCUT2D eigenvalue weighted by atomic mass is 35.5. The quantitative estimate of drug-likeness (QED) is 0.0662. The Hall–Kier alpha value is -8.37. The summed E-state index contributed by atoms with van der Waals surface area (Å²) in [6, 6.07) is 33.1. The standard InChI is InChI=1S/C10H13ClN2.C10H13N5.C10H14N2O.C9H12N6.C6H8N2.C5H7N3.C4H7ClO/c1-7(2)10(11)13-9-6-4-5-8(3)12-9;1-7(2)10-12-13-14-15(10)9-6-4-5-8(3)11-9;1-7(2)10(13)12-9-6-4-5-8(3)11-9;1-6(2)9-12-13-14-15(9)8-5-3-4-7(10)11-8;1-5-3-2-4-6(7)8-5;6-4-2-1-3-5(7)8-4;1-3(2)4(5)6/h4-7H,1-3H3;4-7H,1-3H3;4-7H,1-3H3,(H,11,12,13);3-6H,1-2H3,(H2,10,11);2-4H,1H3,(H2,7,8);1-3H,(H4,6,7,8);3H,1-2H3. The van der Waals surface area contributed by atoms with Gasteiger partial charge in [-0.25, -0.2) is 34.9 Å². The van der Waals surface area contributed by atoms with E-state index in [4.69, 9.17) is 46.1 Å². The number of nitrogens with two attached hydrogens (primary N) is 4. The number of nitrogens with zero attached hydrogens (tertiary/aromatic N) is 15. The zero-order valence-electron chi connectivity index (χ0n) is 46.9. The molecule has 0 aromatic carbocycles. The van der Waals surface area contributed by atoms with Gasteiger partial charge in [-0.2, -0.15) is 9.36 Å². The average Bonchev–Trinajstić information content (AvgIpc) is 4.08. The summed E-state index contributed by atoms with van der Waals surface area (Å²) in [4.78, 5) is 50.0. The van der Waals surface area contributed by atoms with Gasteiger partial charge in [0.1, 0.15) is 34.3 Å². The van der Waals surface area contributed by atoms with Gasteiger partial charge in [0, 0.05) is 52.4 Å². The van der Waals surface area contributed by atoms with Gasteiger partial charge in [0.2, 0.25) is 11.1 Å². The van der Waals surface area contributed by atoms with Gasteiger partial charge in [-0.3, -0.25) is 9.59 Å². The normalized spacial score (nSPS) is 10.5. The molecule has 0 aliphatic rings. The number of nitrogen functional groups attached to an aromatic ring is 4. The molecule has 0 spiro atoms. The van der Waals surface area contributed by atoms with Gasteiger partial charge in [0.25, 0.3) is 0 Å². The van der Waals surface area contributed by atoms with E-state index in [0.717, 1.165) is 40.2 Å². The number of pyridine rings is 6. The monoisotopic (exact) mass is 1100 g/mol. The molecule has 0 unspecified atom stereocenters. The molecule has 9 N–H and O–H groups in total. The van der Waals surface area contributed by atoms with Crippen molar-refractivity contribution in [3.05, 3.63) is 144 Å². The predicted molar refractivity (Wildman–Crippen MR) is 313 cm³/mol. The van der Waals surface area contributed by atoms with Crippen molar-refractivity contribution >= 4 is 74.4 Å². The molecular weight excluding hydrogens is 1030 g/mol. The number of nitrogens with one attached hydrogen (secondary N) is 1. The van der Waals surface area contributed by atoms with Gasteiger partial charge < -0.3 is 28.3 Å². The number of anilines is 5. The first-order valence-corrected chi connectivity index (χ1v) is 25.5. The maximum Gasteiger partial charge on any atom is 0.228 e. The Kier molecular flexibility index (Phi) is 28.9. The van der Waals surface area contributed by atoms with Crippen molar-refractivity contribution in [3.8, 4) is 11.6 Å². The summed E-state index contributed by atoms with van der Waals surface area (Å²) < 4.78 is 3.28. The molecule has 0 radical (unpaired) electrons. The molecule has 22 nitrogen and oxygen atoms in total. The fourth-order valence-electron chi connectivity index (χ4n) is 5.38. The molecule has 8 aromatic rings. The molecule has 8 rings (SSSR count). The highest BCUT2D eigenvalue weighted by Gasteiger charge is 2.14. The van der Waals surface area contributed by atoms with Crippen molar-refractivity contribution in [2.75, 3.05) is 28.3 Å². The van der Waals surface area contributed by atoms with Crippen LogP contribution in [0.2, 0.25) is 0 Å². The number of hydrogen-bond acceptors (Lipinski definition) is 19. The van der Waals surface area contributed by atoms with Crippen LogP contribution in [0.15, 0.2) is 114 Å². The van der Waals surface area contributed by atoms with Gasteiger partial charge >= 0.3 is 0 Å². The van der Waals surface area contributed by atoms with Crippen LogP contribution in [-0.4, -0.2) is 86.6 Å². The fraction of sp³-hybridized carbons (Fsp3) is 0.352. The average molecular weight is 1110 g/mol. The molecule has 24 heteroatoms. The summed E-state index contributed by atoms with van der Waals surface area (Å²) >= 11 is 10.9. The van der Waals surface area contributed by atoms with Crippen LogP contribution in [0.1, 0.15) is 115 Å². The van der Waals surface area contributed by atoms with E-state index >= 15 is 0 Å². The van der Waals surface area contributed by atoms with Crippen molar-refractivity contribution in [3.63, 3.8) is 0 Å². The lowest BCUT2D eigenvalue weighted by Crippen LogP contribution is -2.18. The minimum absolute atomic E-state index is 0.00176. The van der Waals surface area contributed by atoms with E-state index in [1.165, 1.54) is 0 Å². The third kappa shape index (κ3) is 25.9. The number of rotatable bonds is 9. The lowest BCUT2D eigenvalue weighted by atomic mass is 10.2. The number of aryl methyl sites for hydroxylation is 4. The molecule has 0 fully saturated rings. The summed E-state index contributed by atoms with van der Waals surface area (Å²) in [6.45, 7) is 27.1. The molecule has 8 aromatic heterocycles. The van der Waals surface area contributed by atoms with Crippen LogP contribution in [0.3, 0.4) is 0 Å². The maximum absolute atomic E-state index is 11.3. The Morgan fingerprint density at radius 3 is 1.22 bits per heavy atom. The first-order valence-electron chi connectivity index (χ1n) is 24.8. The Balaban J connectivity index is 0.000000318. The van der Waals surface area contributed by atoms with Gasteiger partial charge in [0.05, 0.1) is 0 Å². The smallest absolute Gasteiger partial charge is 0.228 e. The number of aromatic nitrogens is 14. The summed E-state index contributed by atoms with van der Waals surface area (Å²) in [5, 5.41) is 26.1. The van der Waals surface area contributed by atoms with Crippen LogP contribution in [0.25, 0.3) is 11.6 Å². The fourth-order valence-corrected chi connectivity index (χ4v) is 5.47. The topological polar surface area (TPSA) is 327 Å². The number of aliphatic imine (C=N–C) groups is 1. The van der Waals surface area contributed by atoms with Crippen LogP contribution < -0.4 is 28.3 Å². The Bertz CT molecular complexity index is 2920. The number of halogens is 2. The number of tetrazole rings is 2. The summed E-state index contributed by atoms with van der Waals surface area (Å²) in [6.07, 6.45) is 0. The molecule has 0 aliphatic heterocycles. The maximum atomic E-state index is 11.3. The molecule has 8 heterocycles. The number of carbonyl (C=O) groups excluding carboxylic acids is 2. The highest BCUT2D eigenvalue weighted by Crippen LogP contribution is 2.16. The number of carbonyl (C=O) groups is 2. The molecule has 0 aliphatic carbocycles. The third-order valence-corrected chi connectivity index (χ3v) is 10.4. The van der Waals surface area contributed by atoms with E-state index in [1.54, 1.807) is 59.6 Å². The van der Waals surface area contributed by atoms with Gasteiger partial charge in [0.15, 0.2) is 29.1 Å². The Labute approximate surface area is 467 Å². The number of amides is 1. The van der Waals surface area contributed by atoms with Crippen molar-refractivity contribution in [2.45, 2.75) is 109 Å². The lowest BCUT2D eigenvalue weighted by molar-refractivity contribution is -0.119. The second-order valence-corrected chi connectivity index (χ2v) is 19.2. The Morgan fingerprint density at radius 1 is 0.474 bits per heavy atom. The van der Waals surface area contributed by atoms with Crippen molar-refractivity contribution in [1.29, 1.82) is 0 Å². The third-order valence-electron chi connectivity index (χ3n) is 9.47. The van der Waals surface area contributed by atoms with Crippen molar-refractivity contribution in [2.24, 2.45) is 22.7 Å². The molecule has 78 heavy (non-hydrogen) atoms. The molecular formula is C54H74Cl2N20O2. The van der Waals surface area contributed by atoms with Crippen LogP contribution in [0.5, 0.6) is 0 Å². The molecule has 0 saturated heterocycles. The van der Waals surface area contributed by atoms with Crippen LogP contribution in [0.4, 0.5) is 34.9 Å². The van der Waals surface area contributed by atoms with Gasteiger partial charge in [-0.05, 0) is 133 Å². The van der Waals surface area contributed by atoms with E-state index in [2.05, 4.69) is 85.1 Å². The summed E-state index contributed by atoms with van der Waals surface area (Å²) in [7, 11) is 0. The van der Waals surface area contributed by atoms with Crippen LogP contribution >= 0.6 is 23.2 Å². The largest absolute Gasteiger partial charge is 0.384 e. The van der Waals surface area contributed by atoms with Crippen molar-refractivity contribution < 1.29 is 9.59 Å². The zero-order chi connectivity index (χ0) is 58.5. The first kappa shape index (κ1) is 65.7. The van der Waals surface area contributed by atoms with E-state index in [0.29, 0.717) is 45.9 Å².